The van der Waals surface area contributed by atoms with Crippen LogP contribution in [0.1, 0.15) is 0 Å². The maximum atomic E-state index is 5.50. The van der Waals surface area contributed by atoms with Crippen molar-refractivity contribution < 1.29 is 4.74 Å². The summed E-state index contributed by atoms with van der Waals surface area (Å²) in [5, 5.41) is 3.05. The fraction of sp³-hybridized carbons (Fsp3) is 0.750. The summed E-state index contributed by atoms with van der Waals surface area (Å²) in [5.74, 6) is 4.78. The maximum Gasteiger partial charge on any atom is 0.0958 e. The van der Waals surface area contributed by atoms with Crippen molar-refractivity contribution in [3.05, 3.63) is 0 Å². The average Bonchev–Trinajstić information content (AvgIpc) is 2.09. The molecule has 1 rings (SSSR count). The Hall–Kier alpha value is -0.170. The number of likely N-dealkylation sites (N-methyl/N-ethyl adjacent to an activating group) is 1. The first kappa shape index (κ1) is 8.92. The summed E-state index contributed by atoms with van der Waals surface area (Å²) in [5.41, 5.74) is 0. The number of rotatable bonds is 2. The van der Waals surface area contributed by atoms with E-state index >= 15 is 0 Å². The zero-order chi connectivity index (χ0) is 8.10. The minimum atomic E-state index is 0.0720. The van der Waals surface area contributed by atoms with Crippen LogP contribution in [0, 0.1) is 12.3 Å². The van der Waals surface area contributed by atoms with Gasteiger partial charge in [0.25, 0.3) is 0 Å². The van der Waals surface area contributed by atoms with Crippen molar-refractivity contribution in [2.24, 2.45) is 0 Å². The molecule has 3 heteroatoms. The van der Waals surface area contributed by atoms with Crippen LogP contribution in [0.15, 0.2) is 0 Å². The molecule has 62 valence electrons. The van der Waals surface area contributed by atoms with E-state index in [9.17, 15) is 0 Å². The smallest absolute Gasteiger partial charge is 0.0958 e. The summed E-state index contributed by atoms with van der Waals surface area (Å²) in [6, 6.07) is 0.0720. The maximum absolute atomic E-state index is 5.50. The quantitative estimate of drug-likeness (QED) is 0.605. The SMILES string of the molecule is C#CC(NC)C1CSCCO1. The molecule has 1 aliphatic heterocycles. The van der Waals surface area contributed by atoms with Crippen LogP contribution in [0.3, 0.4) is 0 Å². The third-order valence-electron chi connectivity index (χ3n) is 1.70. The van der Waals surface area contributed by atoms with Gasteiger partial charge in [0.1, 0.15) is 0 Å². The molecule has 0 spiro atoms. The molecule has 1 fully saturated rings. The van der Waals surface area contributed by atoms with Crippen LogP contribution in [0.5, 0.6) is 0 Å². The van der Waals surface area contributed by atoms with E-state index in [0.717, 1.165) is 18.1 Å². The molecule has 1 saturated heterocycles. The fourth-order valence-electron chi connectivity index (χ4n) is 1.08. The lowest BCUT2D eigenvalue weighted by Gasteiger charge is -2.26. The molecule has 1 aliphatic rings. The van der Waals surface area contributed by atoms with Crippen molar-refractivity contribution in [1.29, 1.82) is 0 Å². The third-order valence-corrected chi connectivity index (χ3v) is 2.72. The predicted octanol–water partition coefficient (Wildman–Crippen LogP) is 0.340. The Morgan fingerprint density at radius 1 is 1.82 bits per heavy atom. The van der Waals surface area contributed by atoms with Crippen molar-refractivity contribution in [2.75, 3.05) is 25.2 Å². The molecule has 1 N–H and O–H groups in total. The van der Waals surface area contributed by atoms with Crippen LogP contribution in [0.2, 0.25) is 0 Å². The Balaban J connectivity index is 2.38. The number of terminal acetylenes is 1. The molecular formula is C8H13NOS. The van der Waals surface area contributed by atoms with E-state index in [2.05, 4.69) is 11.2 Å². The van der Waals surface area contributed by atoms with Crippen molar-refractivity contribution >= 4 is 11.8 Å². The second-order valence-corrected chi connectivity index (χ2v) is 3.57. The zero-order valence-electron chi connectivity index (χ0n) is 6.67. The normalized spacial score (nSPS) is 27.5. The Bertz CT molecular complexity index is 149. The van der Waals surface area contributed by atoms with Crippen LogP contribution in [-0.2, 0) is 4.74 Å². The van der Waals surface area contributed by atoms with Crippen LogP contribution in [0.4, 0.5) is 0 Å². The Morgan fingerprint density at radius 2 is 2.64 bits per heavy atom. The second kappa shape index (κ2) is 4.66. The summed E-state index contributed by atoms with van der Waals surface area (Å²) in [4.78, 5) is 0. The lowest BCUT2D eigenvalue weighted by Crippen LogP contribution is -2.42. The topological polar surface area (TPSA) is 21.3 Å². The van der Waals surface area contributed by atoms with Crippen LogP contribution < -0.4 is 5.32 Å². The standard InChI is InChI=1S/C8H13NOS/c1-3-7(9-2)8-6-11-5-4-10-8/h1,7-9H,4-6H2,2H3. The van der Waals surface area contributed by atoms with Gasteiger partial charge in [-0.1, -0.05) is 5.92 Å². The number of thioether (sulfide) groups is 1. The van der Waals surface area contributed by atoms with Crippen molar-refractivity contribution in [3.63, 3.8) is 0 Å². The molecule has 0 radical (unpaired) electrons. The van der Waals surface area contributed by atoms with Gasteiger partial charge in [0, 0.05) is 11.5 Å². The van der Waals surface area contributed by atoms with Gasteiger partial charge in [-0.25, -0.2) is 0 Å². The largest absolute Gasteiger partial charge is 0.374 e. The van der Waals surface area contributed by atoms with E-state index in [-0.39, 0.29) is 12.1 Å². The van der Waals surface area contributed by atoms with Crippen molar-refractivity contribution in [2.45, 2.75) is 12.1 Å². The number of hydrogen-bond acceptors (Lipinski definition) is 3. The van der Waals surface area contributed by atoms with E-state index in [1.807, 2.05) is 18.8 Å². The highest BCUT2D eigenvalue weighted by Crippen LogP contribution is 2.14. The molecule has 0 saturated carbocycles. The molecule has 2 nitrogen and oxygen atoms in total. The van der Waals surface area contributed by atoms with Gasteiger partial charge in [0.2, 0.25) is 0 Å². The summed E-state index contributed by atoms with van der Waals surface area (Å²) >= 11 is 1.90. The molecule has 2 atom stereocenters. The zero-order valence-corrected chi connectivity index (χ0v) is 7.49. The minimum Gasteiger partial charge on any atom is -0.374 e. The van der Waals surface area contributed by atoms with Crippen molar-refractivity contribution in [1.82, 2.24) is 5.32 Å². The first-order valence-corrected chi connectivity index (χ1v) is 4.86. The summed E-state index contributed by atoms with van der Waals surface area (Å²) in [6.45, 7) is 0.829. The number of nitrogens with one attached hydrogen (secondary N) is 1. The van der Waals surface area contributed by atoms with Crippen LogP contribution in [0.25, 0.3) is 0 Å². The summed E-state index contributed by atoms with van der Waals surface area (Å²) in [6.07, 6.45) is 5.51. The molecule has 0 aromatic carbocycles. The average molecular weight is 171 g/mol. The van der Waals surface area contributed by atoms with E-state index in [1.165, 1.54) is 0 Å². The number of hydrogen-bond donors (Lipinski definition) is 1. The van der Waals surface area contributed by atoms with Crippen LogP contribution in [-0.4, -0.2) is 37.3 Å². The fourth-order valence-corrected chi connectivity index (χ4v) is 1.98. The highest BCUT2D eigenvalue weighted by atomic mass is 32.2. The van der Waals surface area contributed by atoms with Crippen molar-refractivity contribution in [3.8, 4) is 12.3 Å². The van der Waals surface area contributed by atoms with E-state index in [4.69, 9.17) is 11.2 Å². The Kier molecular flexibility index (Phi) is 3.78. The summed E-state index contributed by atoms with van der Waals surface area (Å²) in [7, 11) is 1.87. The summed E-state index contributed by atoms with van der Waals surface area (Å²) < 4.78 is 5.50. The van der Waals surface area contributed by atoms with Gasteiger partial charge < -0.3 is 10.1 Å². The second-order valence-electron chi connectivity index (χ2n) is 2.42. The van der Waals surface area contributed by atoms with Gasteiger partial charge in [-0.2, -0.15) is 11.8 Å². The molecular weight excluding hydrogens is 158 g/mol. The monoisotopic (exact) mass is 171 g/mol. The van der Waals surface area contributed by atoms with Gasteiger partial charge >= 0.3 is 0 Å². The van der Waals surface area contributed by atoms with Gasteiger partial charge in [-0.15, -0.1) is 6.42 Å². The molecule has 0 aromatic rings. The highest BCUT2D eigenvalue weighted by Gasteiger charge is 2.21. The van der Waals surface area contributed by atoms with E-state index in [1.54, 1.807) is 0 Å². The highest BCUT2D eigenvalue weighted by molar-refractivity contribution is 7.99. The predicted molar refractivity (Wildman–Crippen MR) is 48.7 cm³/mol. The van der Waals surface area contributed by atoms with Gasteiger partial charge in [-0.05, 0) is 7.05 Å². The molecule has 1 heterocycles. The molecule has 0 aromatic heterocycles. The molecule has 11 heavy (non-hydrogen) atoms. The van der Waals surface area contributed by atoms with E-state index < -0.39 is 0 Å². The number of ether oxygens (including phenoxy) is 1. The van der Waals surface area contributed by atoms with Gasteiger partial charge in [0.15, 0.2) is 0 Å². The molecule has 0 bridgehead atoms. The first-order chi connectivity index (χ1) is 5.38. The van der Waals surface area contributed by atoms with E-state index in [0.29, 0.717) is 0 Å². The lowest BCUT2D eigenvalue weighted by molar-refractivity contribution is 0.0626. The van der Waals surface area contributed by atoms with Gasteiger partial charge in [0.05, 0.1) is 18.8 Å². The van der Waals surface area contributed by atoms with Crippen LogP contribution >= 0.6 is 11.8 Å². The Labute approximate surface area is 72.1 Å². The lowest BCUT2D eigenvalue weighted by atomic mass is 10.2. The first-order valence-electron chi connectivity index (χ1n) is 3.71. The van der Waals surface area contributed by atoms with Gasteiger partial charge in [-0.3, -0.25) is 0 Å². The molecule has 0 aliphatic carbocycles. The Morgan fingerprint density at radius 3 is 3.09 bits per heavy atom. The minimum absolute atomic E-state index is 0.0720. The molecule has 2 unspecified atom stereocenters. The third kappa shape index (κ3) is 2.41. The molecule has 0 amide bonds.